The predicted octanol–water partition coefficient (Wildman–Crippen LogP) is 1.97. The van der Waals surface area contributed by atoms with Gasteiger partial charge in [0.15, 0.2) is 0 Å². The first kappa shape index (κ1) is 16.9. The van der Waals surface area contributed by atoms with E-state index in [1.807, 2.05) is 25.1 Å². The monoisotopic (exact) mass is 299 g/mol. The third-order valence-electron chi connectivity index (χ3n) is 2.88. The molecule has 6 heteroatoms. The molecule has 114 valence electrons. The van der Waals surface area contributed by atoms with Crippen molar-refractivity contribution in [2.24, 2.45) is 0 Å². The standard InChI is InChI=1S/C14H25N3O2S/c1-12(2)15-9-6-10-17(4)20(18,19)16-14-8-5-7-13(3)11-14/h5,7-8,11-12,15-16H,6,9-10H2,1-4H3. The molecule has 1 aromatic carbocycles. The van der Waals surface area contributed by atoms with Gasteiger partial charge in [-0.1, -0.05) is 26.0 Å². The molecule has 0 unspecified atom stereocenters. The Morgan fingerprint density at radius 3 is 2.60 bits per heavy atom. The third-order valence-corrected chi connectivity index (χ3v) is 4.37. The van der Waals surface area contributed by atoms with Crippen molar-refractivity contribution in [1.29, 1.82) is 0 Å². The summed E-state index contributed by atoms with van der Waals surface area (Å²) in [6.45, 7) is 7.36. The Kier molecular flexibility index (Phi) is 6.45. The lowest BCUT2D eigenvalue weighted by atomic mass is 10.2. The van der Waals surface area contributed by atoms with Gasteiger partial charge in [-0.25, -0.2) is 0 Å². The van der Waals surface area contributed by atoms with E-state index < -0.39 is 10.2 Å². The second kappa shape index (κ2) is 7.61. The van der Waals surface area contributed by atoms with Gasteiger partial charge in [0, 0.05) is 19.6 Å². The summed E-state index contributed by atoms with van der Waals surface area (Å²) in [5, 5.41) is 3.27. The molecule has 0 atom stereocenters. The van der Waals surface area contributed by atoms with E-state index in [9.17, 15) is 8.42 Å². The van der Waals surface area contributed by atoms with Gasteiger partial charge >= 0.3 is 10.2 Å². The molecule has 0 aliphatic heterocycles. The Labute approximate surface area is 122 Å². The van der Waals surface area contributed by atoms with E-state index in [0.29, 0.717) is 18.3 Å². The zero-order valence-corrected chi connectivity index (χ0v) is 13.5. The smallest absolute Gasteiger partial charge is 0.301 e. The van der Waals surface area contributed by atoms with Crippen molar-refractivity contribution in [3.63, 3.8) is 0 Å². The first-order valence-electron chi connectivity index (χ1n) is 6.85. The molecule has 0 aliphatic rings. The normalized spacial score (nSPS) is 12.1. The van der Waals surface area contributed by atoms with Gasteiger partial charge in [0.2, 0.25) is 0 Å². The quantitative estimate of drug-likeness (QED) is 0.722. The van der Waals surface area contributed by atoms with E-state index in [2.05, 4.69) is 23.9 Å². The Bertz CT molecular complexity index is 515. The van der Waals surface area contributed by atoms with E-state index in [1.54, 1.807) is 13.1 Å². The summed E-state index contributed by atoms with van der Waals surface area (Å²) in [6, 6.07) is 7.74. The molecular weight excluding hydrogens is 274 g/mol. The summed E-state index contributed by atoms with van der Waals surface area (Å²) in [5.74, 6) is 0. The summed E-state index contributed by atoms with van der Waals surface area (Å²) >= 11 is 0. The zero-order valence-electron chi connectivity index (χ0n) is 12.7. The van der Waals surface area contributed by atoms with Gasteiger partial charge in [-0.05, 0) is 37.6 Å². The summed E-state index contributed by atoms with van der Waals surface area (Å²) < 4.78 is 28.2. The van der Waals surface area contributed by atoms with Crippen molar-refractivity contribution >= 4 is 15.9 Å². The van der Waals surface area contributed by atoms with Crippen LogP contribution in [0.1, 0.15) is 25.8 Å². The molecule has 0 fully saturated rings. The van der Waals surface area contributed by atoms with E-state index in [-0.39, 0.29) is 0 Å². The SMILES string of the molecule is Cc1cccc(NS(=O)(=O)N(C)CCCNC(C)C)c1. The topological polar surface area (TPSA) is 61.4 Å². The van der Waals surface area contributed by atoms with Crippen LogP contribution in [-0.2, 0) is 10.2 Å². The van der Waals surface area contributed by atoms with Crippen molar-refractivity contribution in [3.05, 3.63) is 29.8 Å². The van der Waals surface area contributed by atoms with Gasteiger partial charge in [0.1, 0.15) is 0 Å². The van der Waals surface area contributed by atoms with E-state index in [4.69, 9.17) is 0 Å². The van der Waals surface area contributed by atoms with Crippen LogP contribution >= 0.6 is 0 Å². The molecule has 0 aliphatic carbocycles. The van der Waals surface area contributed by atoms with Gasteiger partial charge in [-0.3, -0.25) is 4.72 Å². The van der Waals surface area contributed by atoms with E-state index >= 15 is 0 Å². The Morgan fingerprint density at radius 2 is 2.00 bits per heavy atom. The minimum atomic E-state index is -3.48. The molecule has 0 saturated carbocycles. The molecule has 0 aromatic heterocycles. The highest BCUT2D eigenvalue weighted by Gasteiger charge is 2.16. The van der Waals surface area contributed by atoms with E-state index in [0.717, 1.165) is 18.5 Å². The molecule has 5 nitrogen and oxygen atoms in total. The largest absolute Gasteiger partial charge is 0.314 e. The summed E-state index contributed by atoms with van der Waals surface area (Å²) in [7, 11) is -1.88. The second-order valence-electron chi connectivity index (χ2n) is 5.26. The minimum absolute atomic E-state index is 0.419. The summed E-state index contributed by atoms with van der Waals surface area (Å²) in [4.78, 5) is 0. The van der Waals surface area contributed by atoms with Crippen LogP contribution in [0.4, 0.5) is 5.69 Å². The molecule has 0 bridgehead atoms. The highest BCUT2D eigenvalue weighted by atomic mass is 32.2. The average molecular weight is 299 g/mol. The zero-order chi connectivity index (χ0) is 15.2. The van der Waals surface area contributed by atoms with Crippen LogP contribution in [0.3, 0.4) is 0 Å². The number of hydrogen-bond donors (Lipinski definition) is 2. The van der Waals surface area contributed by atoms with Crippen molar-refractivity contribution < 1.29 is 8.42 Å². The van der Waals surface area contributed by atoms with Crippen molar-refractivity contribution in [1.82, 2.24) is 9.62 Å². The maximum absolute atomic E-state index is 12.1. The number of nitrogens with zero attached hydrogens (tertiary/aromatic N) is 1. The van der Waals surface area contributed by atoms with E-state index in [1.165, 1.54) is 4.31 Å². The lowest BCUT2D eigenvalue weighted by Gasteiger charge is -2.19. The summed E-state index contributed by atoms with van der Waals surface area (Å²) in [6.07, 6.45) is 0.781. The lowest BCUT2D eigenvalue weighted by molar-refractivity contribution is 0.451. The molecule has 0 radical (unpaired) electrons. The number of aryl methyl sites for hydroxylation is 1. The van der Waals surface area contributed by atoms with Gasteiger partial charge in [0.05, 0.1) is 5.69 Å². The molecule has 0 heterocycles. The molecule has 1 aromatic rings. The number of rotatable bonds is 8. The average Bonchev–Trinajstić information content (AvgIpc) is 2.33. The van der Waals surface area contributed by atoms with Crippen LogP contribution in [-0.4, -0.2) is 38.9 Å². The molecular formula is C14H25N3O2S. The first-order chi connectivity index (χ1) is 9.31. The maximum atomic E-state index is 12.1. The van der Waals surface area contributed by atoms with Crippen LogP contribution in [0.15, 0.2) is 24.3 Å². The maximum Gasteiger partial charge on any atom is 0.301 e. The van der Waals surface area contributed by atoms with Gasteiger partial charge in [-0.15, -0.1) is 0 Å². The lowest BCUT2D eigenvalue weighted by Crippen LogP contribution is -2.35. The third kappa shape index (κ3) is 5.90. The number of benzene rings is 1. The minimum Gasteiger partial charge on any atom is -0.314 e. The Balaban J connectivity index is 2.51. The Morgan fingerprint density at radius 1 is 1.30 bits per heavy atom. The van der Waals surface area contributed by atoms with Crippen LogP contribution in [0.25, 0.3) is 0 Å². The fourth-order valence-corrected chi connectivity index (χ4v) is 2.70. The van der Waals surface area contributed by atoms with Crippen molar-refractivity contribution in [2.75, 3.05) is 24.9 Å². The number of hydrogen-bond acceptors (Lipinski definition) is 3. The second-order valence-corrected chi connectivity index (χ2v) is 7.04. The number of anilines is 1. The van der Waals surface area contributed by atoms with Gasteiger partial charge in [-0.2, -0.15) is 12.7 Å². The van der Waals surface area contributed by atoms with Crippen molar-refractivity contribution in [2.45, 2.75) is 33.2 Å². The highest BCUT2D eigenvalue weighted by Crippen LogP contribution is 2.12. The van der Waals surface area contributed by atoms with Gasteiger partial charge in [0.25, 0.3) is 0 Å². The van der Waals surface area contributed by atoms with Gasteiger partial charge < -0.3 is 5.32 Å². The molecule has 0 amide bonds. The van der Waals surface area contributed by atoms with Crippen LogP contribution in [0, 0.1) is 6.92 Å². The van der Waals surface area contributed by atoms with Crippen LogP contribution < -0.4 is 10.0 Å². The Hall–Kier alpha value is -1.11. The fourth-order valence-electron chi connectivity index (χ4n) is 1.75. The fraction of sp³-hybridized carbons (Fsp3) is 0.571. The highest BCUT2D eigenvalue weighted by molar-refractivity contribution is 7.90. The van der Waals surface area contributed by atoms with Crippen LogP contribution in [0.2, 0.25) is 0 Å². The van der Waals surface area contributed by atoms with Crippen LogP contribution in [0.5, 0.6) is 0 Å². The predicted molar refractivity (Wildman–Crippen MR) is 84.1 cm³/mol. The molecule has 2 N–H and O–H groups in total. The first-order valence-corrected chi connectivity index (χ1v) is 8.29. The summed E-state index contributed by atoms with van der Waals surface area (Å²) in [5.41, 5.74) is 1.62. The molecule has 0 spiro atoms. The molecule has 0 saturated heterocycles. The number of nitrogens with one attached hydrogen (secondary N) is 2. The van der Waals surface area contributed by atoms with Crippen molar-refractivity contribution in [3.8, 4) is 0 Å². The molecule has 1 rings (SSSR count). The molecule has 20 heavy (non-hydrogen) atoms.